The lowest BCUT2D eigenvalue weighted by atomic mass is 9.94. The lowest BCUT2D eigenvalue weighted by Crippen LogP contribution is -2.31. The molecule has 112 valence electrons. The fraction of sp³-hybridized carbons (Fsp3) is 0.357. The van der Waals surface area contributed by atoms with Crippen LogP contribution >= 0.6 is 23.2 Å². The number of anilines is 1. The number of nitrogens with one attached hydrogen (secondary N) is 2. The van der Waals surface area contributed by atoms with E-state index in [0.717, 1.165) is 11.3 Å². The van der Waals surface area contributed by atoms with Crippen molar-refractivity contribution in [1.29, 1.82) is 0 Å². The molecule has 1 aromatic carbocycles. The monoisotopic (exact) mass is 327 g/mol. The first-order chi connectivity index (χ1) is 9.95. The zero-order valence-electron chi connectivity index (χ0n) is 11.4. The van der Waals surface area contributed by atoms with Gasteiger partial charge >= 0.3 is 0 Å². The molecule has 1 aliphatic heterocycles. The van der Waals surface area contributed by atoms with Crippen LogP contribution in [0.1, 0.15) is 25.3 Å². The second kappa shape index (κ2) is 6.91. The molecule has 1 aromatic rings. The van der Waals surface area contributed by atoms with E-state index in [1.54, 1.807) is 12.1 Å². The molecule has 1 heterocycles. The first-order valence-electron chi connectivity index (χ1n) is 6.50. The molecule has 2 amide bonds. The zero-order valence-corrected chi connectivity index (χ0v) is 12.9. The molecule has 0 aromatic heterocycles. The Balaban J connectivity index is 2.05. The molecule has 0 fully saturated rings. The highest BCUT2D eigenvalue weighted by atomic mass is 35.5. The number of hydrogen-bond donors (Lipinski definition) is 2. The normalized spacial score (nSPS) is 18.2. The Kier molecular flexibility index (Phi) is 5.20. The second-order valence-electron chi connectivity index (χ2n) is 4.86. The number of nitrogens with zero attached hydrogens (tertiary/aromatic N) is 1. The second-order valence-corrected chi connectivity index (χ2v) is 6.13. The van der Waals surface area contributed by atoms with Crippen LogP contribution in [0.25, 0.3) is 0 Å². The summed E-state index contributed by atoms with van der Waals surface area (Å²) in [4.78, 5) is 22.1. The fourth-order valence-electron chi connectivity index (χ4n) is 2.08. The number of halogens is 2. The zero-order chi connectivity index (χ0) is 15.4. The van der Waals surface area contributed by atoms with Crippen molar-refractivity contribution in [3.63, 3.8) is 0 Å². The van der Waals surface area contributed by atoms with Crippen molar-refractivity contribution in [2.24, 2.45) is 11.0 Å². The Labute approximate surface area is 132 Å². The lowest BCUT2D eigenvalue weighted by Gasteiger charge is -2.19. The Morgan fingerprint density at radius 3 is 2.67 bits per heavy atom. The third-order valence-corrected chi connectivity index (χ3v) is 3.37. The van der Waals surface area contributed by atoms with Crippen molar-refractivity contribution in [2.45, 2.75) is 24.6 Å². The third kappa shape index (κ3) is 4.44. The maximum atomic E-state index is 11.5. The Morgan fingerprint density at radius 1 is 1.43 bits per heavy atom. The summed E-state index contributed by atoms with van der Waals surface area (Å²) < 4.78 is 0. The number of hydrogen-bond acceptors (Lipinski definition) is 3. The van der Waals surface area contributed by atoms with Crippen LogP contribution < -0.4 is 10.7 Å². The topological polar surface area (TPSA) is 70.6 Å². The third-order valence-electron chi connectivity index (χ3n) is 3.06. The smallest absolute Gasteiger partial charge is 0.240 e. The molecule has 21 heavy (non-hydrogen) atoms. The summed E-state index contributed by atoms with van der Waals surface area (Å²) in [5, 5.41) is 6.79. The van der Waals surface area contributed by atoms with Crippen LogP contribution in [-0.4, -0.2) is 22.4 Å². The van der Waals surface area contributed by atoms with Crippen LogP contribution in [0.5, 0.6) is 0 Å². The molecule has 1 aliphatic rings. The van der Waals surface area contributed by atoms with Gasteiger partial charge in [0.25, 0.3) is 0 Å². The summed E-state index contributed by atoms with van der Waals surface area (Å²) in [7, 11) is 0. The maximum Gasteiger partial charge on any atom is 0.240 e. The van der Waals surface area contributed by atoms with Gasteiger partial charge in [-0.15, -0.1) is 23.2 Å². The van der Waals surface area contributed by atoms with Crippen molar-refractivity contribution in [3.05, 3.63) is 29.8 Å². The van der Waals surface area contributed by atoms with Gasteiger partial charge in [-0.05, 0) is 17.7 Å². The van der Waals surface area contributed by atoms with Gasteiger partial charge in [0.05, 0.1) is 12.1 Å². The SMILES string of the molecule is CC1CC(=O)NN=C1c1ccc(NC(=O)CC(Cl)Cl)cc1. The number of alkyl halides is 2. The predicted molar refractivity (Wildman–Crippen MR) is 83.6 cm³/mol. The lowest BCUT2D eigenvalue weighted by molar-refractivity contribution is -0.122. The first kappa shape index (κ1) is 15.8. The van der Waals surface area contributed by atoms with Gasteiger partial charge in [-0.25, -0.2) is 5.43 Å². The van der Waals surface area contributed by atoms with Crippen LogP contribution in [0.4, 0.5) is 5.69 Å². The van der Waals surface area contributed by atoms with Gasteiger partial charge in [0.1, 0.15) is 4.84 Å². The minimum atomic E-state index is -0.717. The Bertz CT molecular complexity index is 570. The van der Waals surface area contributed by atoms with Gasteiger partial charge in [0.15, 0.2) is 0 Å². The molecular weight excluding hydrogens is 313 g/mol. The van der Waals surface area contributed by atoms with Crippen molar-refractivity contribution in [1.82, 2.24) is 5.43 Å². The van der Waals surface area contributed by atoms with Gasteiger partial charge < -0.3 is 5.32 Å². The summed E-state index contributed by atoms with van der Waals surface area (Å²) in [6, 6.07) is 7.25. The minimum Gasteiger partial charge on any atom is -0.326 e. The molecule has 0 radical (unpaired) electrons. The number of carbonyl (C=O) groups is 2. The predicted octanol–water partition coefficient (Wildman–Crippen LogP) is 2.68. The van der Waals surface area contributed by atoms with Crippen molar-refractivity contribution < 1.29 is 9.59 Å². The molecule has 0 aliphatic carbocycles. The van der Waals surface area contributed by atoms with Crippen LogP contribution in [0.3, 0.4) is 0 Å². The Morgan fingerprint density at radius 2 is 2.10 bits per heavy atom. The van der Waals surface area contributed by atoms with Gasteiger partial charge in [-0.1, -0.05) is 19.1 Å². The van der Waals surface area contributed by atoms with Gasteiger partial charge in [0, 0.05) is 18.0 Å². The van der Waals surface area contributed by atoms with E-state index in [2.05, 4.69) is 15.8 Å². The molecule has 7 heteroatoms. The van der Waals surface area contributed by atoms with E-state index < -0.39 is 4.84 Å². The molecule has 1 unspecified atom stereocenters. The van der Waals surface area contributed by atoms with E-state index in [9.17, 15) is 9.59 Å². The quantitative estimate of drug-likeness (QED) is 0.834. The maximum absolute atomic E-state index is 11.5. The summed E-state index contributed by atoms with van der Waals surface area (Å²) in [5.74, 6) is -0.257. The molecule has 1 atom stereocenters. The highest BCUT2D eigenvalue weighted by Crippen LogP contribution is 2.19. The standard InChI is InChI=1S/C14H15Cl2N3O2/c1-8-6-13(21)18-19-14(8)9-2-4-10(5-3-9)17-12(20)7-11(15)16/h2-5,8,11H,6-7H2,1H3,(H,17,20)(H,18,21). The van der Waals surface area contributed by atoms with Crippen molar-refractivity contribution >= 4 is 46.4 Å². The highest BCUT2D eigenvalue weighted by molar-refractivity contribution is 6.45. The van der Waals surface area contributed by atoms with Crippen LogP contribution in [0.15, 0.2) is 29.4 Å². The van der Waals surface area contributed by atoms with Gasteiger partial charge in [-0.2, -0.15) is 5.10 Å². The molecule has 5 nitrogen and oxygen atoms in total. The van der Waals surface area contributed by atoms with E-state index >= 15 is 0 Å². The summed E-state index contributed by atoms with van der Waals surface area (Å²) in [6.45, 7) is 1.95. The van der Waals surface area contributed by atoms with E-state index in [1.807, 2.05) is 19.1 Å². The molecule has 2 N–H and O–H groups in total. The fourth-order valence-corrected chi connectivity index (χ4v) is 2.36. The molecule has 2 rings (SSSR count). The summed E-state index contributed by atoms with van der Waals surface area (Å²) in [5.41, 5.74) is 4.88. The minimum absolute atomic E-state index is 0.0423. The van der Waals surface area contributed by atoms with Crippen molar-refractivity contribution in [3.8, 4) is 0 Å². The molecule has 0 spiro atoms. The van der Waals surface area contributed by atoms with Gasteiger partial charge in [-0.3, -0.25) is 9.59 Å². The van der Waals surface area contributed by atoms with E-state index in [0.29, 0.717) is 12.1 Å². The average molecular weight is 328 g/mol. The number of hydrazone groups is 1. The molecule has 0 saturated carbocycles. The number of rotatable bonds is 4. The molecular formula is C14H15Cl2N3O2. The van der Waals surface area contributed by atoms with E-state index in [-0.39, 0.29) is 24.2 Å². The number of amides is 2. The molecule has 0 saturated heterocycles. The summed E-state index contributed by atoms with van der Waals surface area (Å²) >= 11 is 11.1. The number of carbonyl (C=O) groups excluding carboxylic acids is 2. The van der Waals surface area contributed by atoms with Crippen LogP contribution in [0, 0.1) is 5.92 Å². The van der Waals surface area contributed by atoms with Crippen LogP contribution in [-0.2, 0) is 9.59 Å². The Hall–Kier alpha value is -1.59. The largest absolute Gasteiger partial charge is 0.326 e. The first-order valence-corrected chi connectivity index (χ1v) is 7.38. The van der Waals surface area contributed by atoms with Crippen molar-refractivity contribution in [2.75, 3.05) is 5.32 Å². The van der Waals surface area contributed by atoms with E-state index in [4.69, 9.17) is 23.2 Å². The van der Waals surface area contributed by atoms with E-state index in [1.165, 1.54) is 0 Å². The summed E-state index contributed by atoms with van der Waals surface area (Å²) in [6.07, 6.45) is 0.463. The van der Waals surface area contributed by atoms with Gasteiger partial charge in [0.2, 0.25) is 11.8 Å². The highest BCUT2D eigenvalue weighted by Gasteiger charge is 2.21. The number of benzene rings is 1. The molecule has 0 bridgehead atoms. The van der Waals surface area contributed by atoms with Crippen LogP contribution in [0.2, 0.25) is 0 Å². The average Bonchev–Trinajstić information content (AvgIpc) is 2.39.